The predicted octanol–water partition coefficient (Wildman–Crippen LogP) is 3.93. The number of rotatable bonds is 7. The number of carbonyl (C=O) groups is 4. The lowest BCUT2D eigenvalue weighted by Gasteiger charge is -2.45. The van der Waals surface area contributed by atoms with Crippen LogP contribution in [0.3, 0.4) is 0 Å². The van der Waals surface area contributed by atoms with Gasteiger partial charge in [-0.15, -0.1) is 0 Å². The summed E-state index contributed by atoms with van der Waals surface area (Å²) in [6.07, 6.45) is 3.57. The number of likely N-dealkylation sites (N-methyl/N-ethyl adjacent to an activating group) is 1. The molecule has 0 saturated carbocycles. The highest BCUT2D eigenvalue weighted by molar-refractivity contribution is 5.95. The molecule has 3 rings (SSSR count). The van der Waals surface area contributed by atoms with E-state index in [2.05, 4.69) is 5.32 Å². The molecule has 48 heavy (non-hydrogen) atoms. The number of alkyl carbamates (subject to hydrolysis) is 1. The van der Waals surface area contributed by atoms with E-state index in [-0.39, 0.29) is 30.9 Å². The number of aromatic hydroxyl groups is 2. The van der Waals surface area contributed by atoms with Crippen LogP contribution in [0.4, 0.5) is 10.5 Å². The van der Waals surface area contributed by atoms with Crippen LogP contribution >= 0.6 is 0 Å². The molecule has 4 N–H and O–H groups in total. The minimum atomic E-state index is -1.80. The molecule has 13 nitrogen and oxygen atoms in total. The van der Waals surface area contributed by atoms with Gasteiger partial charge in [0.15, 0.2) is 17.2 Å². The molecular formula is C35H51N3O10. The minimum Gasteiger partial charge on any atom is -0.504 e. The van der Waals surface area contributed by atoms with Gasteiger partial charge in [0.05, 0.1) is 12.1 Å². The summed E-state index contributed by atoms with van der Waals surface area (Å²) in [5, 5.41) is 35.6. The fourth-order valence-electron chi connectivity index (χ4n) is 6.53. The van der Waals surface area contributed by atoms with Crippen LogP contribution in [0.2, 0.25) is 0 Å². The van der Waals surface area contributed by atoms with Crippen LogP contribution in [-0.2, 0) is 35.0 Å². The Hall–Kier alpha value is -4.10. The summed E-state index contributed by atoms with van der Waals surface area (Å²) in [5.74, 6) is -2.42. The summed E-state index contributed by atoms with van der Waals surface area (Å²) >= 11 is 0. The summed E-state index contributed by atoms with van der Waals surface area (Å²) in [6.45, 7) is 9.15. The number of esters is 1. The minimum absolute atomic E-state index is 0.00545. The average molecular weight is 674 g/mol. The van der Waals surface area contributed by atoms with Crippen molar-refractivity contribution in [1.29, 1.82) is 0 Å². The van der Waals surface area contributed by atoms with E-state index in [1.54, 1.807) is 24.3 Å². The zero-order valence-corrected chi connectivity index (χ0v) is 29.2. The molecule has 2 aliphatic rings. The van der Waals surface area contributed by atoms with Gasteiger partial charge in [-0.25, -0.2) is 9.59 Å². The predicted molar refractivity (Wildman–Crippen MR) is 178 cm³/mol. The molecule has 1 aromatic rings. The summed E-state index contributed by atoms with van der Waals surface area (Å²) in [5.41, 5.74) is -1.13. The molecule has 0 aliphatic carbocycles. The van der Waals surface area contributed by atoms with Gasteiger partial charge in [-0.2, -0.15) is 0 Å². The molecule has 4 bridgehead atoms. The van der Waals surface area contributed by atoms with Gasteiger partial charge in [0.1, 0.15) is 24.4 Å². The lowest BCUT2D eigenvalue weighted by Crippen LogP contribution is -2.62. The Labute approximate surface area is 282 Å². The van der Waals surface area contributed by atoms with Gasteiger partial charge in [0.2, 0.25) is 12.3 Å². The Morgan fingerprint density at radius 1 is 1.29 bits per heavy atom. The van der Waals surface area contributed by atoms with Crippen molar-refractivity contribution in [1.82, 2.24) is 10.2 Å². The smallest absolute Gasteiger partial charge is 0.409 e. The number of carbonyl (C=O) groups excluding carboxylic acids is 4. The maximum atomic E-state index is 14.0. The van der Waals surface area contributed by atoms with Crippen molar-refractivity contribution in [2.24, 2.45) is 11.3 Å². The first-order valence-electron chi connectivity index (χ1n) is 16.3. The Morgan fingerprint density at radius 2 is 1.98 bits per heavy atom. The largest absolute Gasteiger partial charge is 0.504 e. The first-order valence-corrected chi connectivity index (χ1v) is 16.3. The third kappa shape index (κ3) is 8.67. The fourth-order valence-corrected chi connectivity index (χ4v) is 6.53. The lowest BCUT2D eigenvalue weighted by atomic mass is 9.67. The average Bonchev–Trinajstić information content (AvgIpc) is 3.02. The van der Waals surface area contributed by atoms with Crippen LogP contribution in [0.15, 0.2) is 35.9 Å². The number of nitrogens with zero attached hydrogens (tertiary/aromatic N) is 2. The number of nitrogens with one attached hydrogen (secondary N) is 1. The number of hydrogen-bond acceptors (Lipinski definition) is 10. The van der Waals surface area contributed by atoms with Crippen LogP contribution in [0.1, 0.15) is 72.3 Å². The monoisotopic (exact) mass is 673 g/mol. The first kappa shape index (κ1) is 38.3. The highest BCUT2D eigenvalue weighted by atomic mass is 16.6. The molecule has 1 saturated heterocycles. The van der Waals surface area contributed by atoms with Crippen LogP contribution in [0.5, 0.6) is 11.5 Å². The van der Waals surface area contributed by atoms with E-state index in [9.17, 15) is 34.5 Å². The maximum absolute atomic E-state index is 14.0. The van der Waals surface area contributed by atoms with Crippen molar-refractivity contribution in [3.8, 4) is 11.5 Å². The lowest BCUT2D eigenvalue weighted by molar-refractivity contribution is -0.168. The van der Waals surface area contributed by atoms with E-state index in [0.717, 1.165) is 5.57 Å². The van der Waals surface area contributed by atoms with E-state index in [1.807, 2.05) is 27.7 Å². The zero-order valence-electron chi connectivity index (χ0n) is 29.2. The maximum Gasteiger partial charge on any atom is 0.409 e. The molecule has 0 radical (unpaired) electrons. The van der Waals surface area contributed by atoms with Crippen molar-refractivity contribution in [2.75, 3.05) is 26.1 Å². The third-order valence-electron chi connectivity index (χ3n) is 9.87. The molecule has 266 valence electrons. The molecule has 0 spiro atoms. The summed E-state index contributed by atoms with van der Waals surface area (Å²) < 4.78 is 17.3. The number of phenols is 2. The summed E-state index contributed by atoms with van der Waals surface area (Å²) in [7, 11) is 4.34. The van der Waals surface area contributed by atoms with Gasteiger partial charge >= 0.3 is 12.1 Å². The topological polar surface area (TPSA) is 175 Å². The van der Waals surface area contributed by atoms with Gasteiger partial charge < -0.3 is 39.3 Å². The molecule has 3 amide bonds. The van der Waals surface area contributed by atoms with Crippen molar-refractivity contribution in [3.05, 3.63) is 41.5 Å². The Bertz CT molecular complexity index is 1410. The number of phenolic OH excluding ortho intramolecular Hbond substituents is 2. The van der Waals surface area contributed by atoms with Crippen LogP contribution < -0.4 is 10.2 Å². The van der Waals surface area contributed by atoms with E-state index < -0.39 is 65.0 Å². The number of aliphatic hydroxyl groups is 1. The molecule has 0 aromatic heterocycles. The quantitative estimate of drug-likeness (QED) is 0.189. The molecule has 2 heterocycles. The first-order chi connectivity index (χ1) is 22.5. The number of methoxy groups -OCH3 is 1. The molecule has 2 aliphatic heterocycles. The van der Waals surface area contributed by atoms with Crippen LogP contribution in [-0.4, -0.2) is 95.9 Å². The SMILES string of the molecule is CCCC1(C)C(C)CC2C[C@@](O)(NC(=O)O2)[C@H](OC)/C=C/C=C(\C)Cc2cc(O)c(O)c(c2)N(C)C(=O)C[C@@H]1OC(=O)C(C)N(C)C=O. The van der Waals surface area contributed by atoms with Crippen molar-refractivity contribution in [3.63, 3.8) is 0 Å². The van der Waals surface area contributed by atoms with Crippen LogP contribution in [0, 0.1) is 11.3 Å². The molecule has 1 aromatic carbocycles. The molecule has 1 fully saturated rings. The number of fused-ring (bicyclic) bond motifs is 4. The summed E-state index contributed by atoms with van der Waals surface area (Å²) in [4.78, 5) is 54.0. The number of hydrogen-bond donors (Lipinski definition) is 4. The van der Waals surface area contributed by atoms with Crippen LogP contribution in [0.25, 0.3) is 0 Å². The second-order valence-electron chi connectivity index (χ2n) is 13.4. The normalized spacial score (nSPS) is 31.0. The number of amides is 3. The highest BCUT2D eigenvalue weighted by Gasteiger charge is 2.48. The number of benzene rings is 1. The Balaban J connectivity index is 2.19. The fraction of sp³-hybridized carbons (Fsp3) is 0.600. The third-order valence-corrected chi connectivity index (χ3v) is 9.87. The van der Waals surface area contributed by atoms with Gasteiger partial charge in [-0.3, -0.25) is 14.9 Å². The number of anilines is 1. The summed E-state index contributed by atoms with van der Waals surface area (Å²) in [6, 6.07) is 2.07. The van der Waals surface area contributed by atoms with E-state index >= 15 is 0 Å². The Kier molecular flexibility index (Phi) is 12.7. The highest BCUT2D eigenvalue weighted by Crippen LogP contribution is 2.44. The van der Waals surface area contributed by atoms with Gasteiger partial charge in [0.25, 0.3) is 0 Å². The van der Waals surface area contributed by atoms with Crippen molar-refractivity contribution < 1.29 is 48.7 Å². The second-order valence-corrected chi connectivity index (χ2v) is 13.4. The van der Waals surface area contributed by atoms with Gasteiger partial charge in [-0.05, 0) is 56.7 Å². The molecule has 13 heteroatoms. The van der Waals surface area contributed by atoms with Gasteiger partial charge in [0, 0.05) is 33.0 Å². The Morgan fingerprint density at radius 3 is 2.60 bits per heavy atom. The van der Waals surface area contributed by atoms with E-state index in [0.29, 0.717) is 31.2 Å². The molecule has 4 unspecified atom stereocenters. The number of allylic oxidation sites excluding steroid dienone is 3. The van der Waals surface area contributed by atoms with Gasteiger partial charge in [-0.1, -0.05) is 51.0 Å². The van der Waals surface area contributed by atoms with Crippen molar-refractivity contribution >= 4 is 30.1 Å². The van der Waals surface area contributed by atoms with E-state index in [1.165, 1.54) is 44.0 Å². The standard InChI is InChI=1S/C35H51N3O10/c1-9-13-34(5)22(3)15-25-19-35(45,36-33(44)47-25)28(46-8)12-10-11-21(2)14-24-16-26(31(42)27(40)17-24)38(7)30(41)18-29(34)48-32(43)23(4)37(6)20-39/h10-12,16-17,20,22-23,25,28-29,40,42,45H,9,13-15,18-19H2,1-8H3,(H,36,44)/b12-10+,21-11+/t22?,23?,25?,28-,29+,34?,35+/m1/s1. The molecular weight excluding hydrogens is 622 g/mol. The zero-order chi connectivity index (χ0) is 36.0. The second kappa shape index (κ2) is 15.9. The van der Waals surface area contributed by atoms with Crippen molar-refractivity contribution in [2.45, 2.75) is 103 Å². The molecule has 7 atom stereocenters. The number of ether oxygens (including phenoxy) is 3. The van der Waals surface area contributed by atoms with E-state index in [4.69, 9.17) is 14.2 Å².